The first-order valence-corrected chi connectivity index (χ1v) is 10.0. The predicted molar refractivity (Wildman–Crippen MR) is 97.7 cm³/mol. The van der Waals surface area contributed by atoms with E-state index in [9.17, 15) is 8.42 Å². The molecule has 0 radical (unpaired) electrons. The quantitative estimate of drug-likeness (QED) is 0.795. The Morgan fingerprint density at radius 2 is 1.75 bits per heavy atom. The molecule has 0 spiro atoms. The van der Waals surface area contributed by atoms with Crippen molar-refractivity contribution in [2.24, 2.45) is 11.1 Å². The Morgan fingerprint density at radius 1 is 1.12 bits per heavy atom. The van der Waals surface area contributed by atoms with Gasteiger partial charge in [-0.25, -0.2) is 8.42 Å². The summed E-state index contributed by atoms with van der Waals surface area (Å²) in [5, 5.41) is -0.571. The molecule has 2 aromatic carbocycles. The first-order valence-electron chi connectivity index (χ1n) is 7.71. The van der Waals surface area contributed by atoms with Crippen LogP contribution in [-0.2, 0) is 14.6 Å². The fourth-order valence-electron chi connectivity index (χ4n) is 3.62. The van der Waals surface area contributed by atoms with Gasteiger partial charge in [0.15, 0.2) is 9.84 Å². The molecule has 4 nitrogen and oxygen atoms in total. The summed E-state index contributed by atoms with van der Waals surface area (Å²) >= 11 is 3.42. The molecule has 3 rings (SSSR count). The van der Waals surface area contributed by atoms with Crippen molar-refractivity contribution in [2.75, 3.05) is 20.3 Å². The van der Waals surface area contributed by atoms with E-state index in [4.69, 9.17) is 10.5 Å². The Morgan fingerprint density at radius 3 is 2.29 bits per heavy atom. The lowest BCUT2D eigenvalue weighted by Crippen LogP contribution is -2.28. The molecule has 2 aromatic rings. The first kappa shape index (κ1) is 17.6. The second kappa shape index (κ2) is 6.59. The highest BCUT2D eigenvalue weighted by Gasteiger charge is 2.70. The molecule has 0 saturated heterocycles. The summed E-state index contributed by atoms with van der Waals surface area (Å²) in [6, 6.07) is 16.3. The summed E-state index contributed by atoms with van der Waals surface area (Å²) in [6.45, 7) is 0.583. The van der Waals surface area contributed by atoms with Crippen LogP contribution in [0, 0.1) is 5.41 Å². The van der Waals surface area contributed by atoms with E-state index in [1.165, 1.54) is 0 Å². The van der Waals surface area contributed by atoms with Crippen LogP contribution in [0.4, 0.5) is 0 Å². The lowest BCUT2D eigenvalue weighted by molar-refractivity contribution is 0.142. The molecular formula is C18H20BrNO3S. The van der Waals surface area contributed by atoms with Gasteiger partial charge in [-0.15, -0.1) is 0 Å². The minimum Gasteiger partial charge on any atom is -0.384 e. The number of ether oxygens (including phenoxy) is 1. The molecule has 128 valence electrons. The largest absolute Gasteiger partial charge is 0.384 e. The van der Waals surface area contributed by atoms with Crippen LogP contribution in [0.25, 0.3) is 0 Å². The highest BCUT2D eigenvalue weighted by molar-refractivity contribution is 9.10. The Labute approximate surface area is 151 Å². The SMILES string of the molecule is COC[C@@]1(CN)[C@@H](c2ccc(Br)cc2)[C@@H]1S(=O)(=O)c1ccccc1. The fourth-order valence-corrected chi connectivity index (χ4v) is 6.35. The van der Waals surface area contributed by atoms with Crippen molar-refractivity contribution in [3.63, 3.8) is 0 Å². The third-order valence-corrected chi connectivity index (χ3v) is 7.68. The maximum Gasteiger partial charge on any atom is 0.182 e. The number of halogens is 1. The van der Waals surface area contributed by atoms with Crippen LogP contribution in [0.5, 0.6) is 0 Å². The molecule has 0 aliphatic heterocycles. The van der Waals surface area contributed by atoms with Gasteiger partial charge < -0.3 is 10.5 Å². The van der Waals surface area contributed by atoms with Gasteiger partial charge in [0.05, 0.1) is 16.8 Å². The molecule has 1 aliphatic carbocycles. The van der Waals surface area contributed by atoms with Crippen LogP contribution in [-0.4, -0.2) is 33.9 Å². The minimum atomic E-state index is -3.49. The van der Waals surface area contributed by atoms with Crippen molar-refractivity contribution >= 4 is 25.8 Å². The summed E-state index contributed by atoms with van der Waals surface area (Å²) in [5.74, 6) is -0.166. The van der Waals surface area contributed by atoms with Gasteiger partial charge >= 0.3 is 0 Å². The Balaban J connectivity index is 2.05. The topological polar surface area (TPSA) is 69.4 Å². The van der Waals surface area contributed by atoms with E-state index in [1.54, 1.807) is 31.4 Å². The highest BCUT2D eigenvalue weighted by atomic mass is 79.9. The summed E-state index contributed by atoms with van der Waals surface area (Å²) in [5.41, 5.74) is 6.41. The average molecular weight is 410 g/mol. The van der Waals surface area contributed by atoms with E-state index in [0.29, 0.717) is 11.5 Å². The predicted octanol–water partition coefficient (Wildman–Crippen LogP) is 2.98. The molecule has 2 N–H and O–H groups in total. The first-order chi connectivity index (χ1) is 11.5. The van der Waals surface area contributed by atoms with E-state index >= 15 is 0 Å². The van der Waals surface area contributed by atoms with Gasteiger partial charge in [0.1, 0.15) is 0 Å². The van der Waals surface area contributed by atoms with Crippen LogP contribution in [0.2, 0.25) is 0 Å². The van der Waals surface area contributed by atoms with E-state index in [2.05, 4.69) is 15.9 Å². The van der Waals surface area contributed by atoms with Crippen molar-refractivity contribution in [2.45, 2.75) is 16.1 Å². The monoisotopic (exact) mass is 409 g/mol. The lowest BCUT2D eigenvalue weighted by atomic mass is 10.0. The van der Waals surface area contributed by atoms with Gasteiger partial charge in [-0.1, -0.05) is 46.3 Å². The zero-order valence-corrected chi connectivity index (χ0v) is 15.8. The summed E-state index contributed by atoms with van der Waals surface area (Å²) in [4.78, 5) is 0.337. The maximum absolute atomic E-state index is 13.2. The standard InChI is InChI=1S/C18H20BrNO3S/c1-23-12-18(11-20)16(13-7-9-14(19)10-8-13)17(18)24(21,22)15-5-3-2-4-6-15/h2-10,16-17H,11-12,20H2,1H3/t16-,17-,18-/m0/s1. The molecule has 1 saturated carbocycles. The molecule has 3 atom stereocenters. The van der Waals surface area contributed by atoms with Gasteiger partial charge in [0.2, 0.25) is 0 Å². The summed E-state index contributed by atoms with van der Waals surface area (Å²) in [7, 11) is -1.90. The Kier molecular flexibility index (Phi) is 4.84. The number of methoxy groups -OCH3 is 1. The second-order valence-corrected chi connectivity index (χ2v) is 9.16. The zero-order valence-electron chi connectivity index (χ0n) is 13.4. The van der Waals surface area contributed by atoms with Crippen molar-refractivity contribution in [3.8, 4) is 0 Å². The number of nitrogens with two attached hydrogens (primary N) is 1. The molecule has 0 heterocycles. The molecule has 1 aliphatic rings. The van der Waals surface area contributed by atoms with Crippen LogP contribution >= 0.6 is 15.9 Å². The Bertz CT molecular complexity index is 808. The minimum absolute atomic E-state index is 0.166. The lowest BCUT2D eigenvalue weighted by Gasteiger charge is -2.15. The normalized spacial score (nSPS) is 26.3. The fraction of sp³-hybridized carbons (Fsp3) is 0.333. The van der Waals surface area contributed by atoms with Crippen LogP contribution in [0.1, 0.15) is 11.5 Å². The summed E-state index contributed by atoms with van der Waals surface area (Å²) < 4.78 is 32.6. The third kappa shape index (κ3) is 2.81. The van der Waals surface area contributed by atoms with Crippen molar-refractivity contribution in [1.82, 2.24) is 0 Å². The van der Waals surface area contributed by atoms with Crippen LogP contribution < -0.4 is 5.73 Å². The number of hydrogen-bond donors (Lipinski definition) is 1. The summed E-state index contributed by atoms with van der Waals surface area (Å²) in [6.07, 6.45) is 0. The molecule has 24 heavy (non-hydrogen) atoms. The van der Waals surface area contributed by atoms with Gasteiger partial charge in [0, 0.05) is 29.5 Å². The van der Waals surface area contributed by atoms with Gasteiger partial charge in [-0.05, 0) is 29.8 Å². The molecule has 6 heteroatoms. The number of benzene rings is 2. The van der Waals surface area contributed by atoms with Crippen LogP contribution in [0.15, 0.2) is 64.0 Å². The van der Waals surface area contributed by atoms with Crippen molar-refractivity contribution in [1.29, 1.82) is 0 Å². The molecule has 0 aromatic heterocycles. The number of rotatable bonds is 6. The van der Waals surface area contributed by atoms with Gasteiger partial charge in [-0.3, -0.25) is 0 Å². The van der Waals surface area contributed by atoms with E-state index in [0.717, 1.165) is 10.0 Å². The van der Waals surface area contributed by atoms with Crippen molar-refractivity contribution in [3.05, 3.63) is 64.6 Å². The number of hydrogen-bond acceptors (Lipinski definition) is 4. The third-order valence-electron chi connectivity index (χ3n) is 4.81. The zero-order chi connectivity index (χ0) is 17.4. The van der Waals surface area contributed by atoms with Gasteiger partial charge in [0.25, 0.3) is 0 Å². The molecule has 0 amide bonds. The Hall–Kier alpha value is -1.21. The average Bonchev–Trinajstić information content (AvgIpc) is 3.26. The number of sulfone groups is 1. The second-order valence-electron chi connectivity index (χ2n) is 6.18. The van der Waals surface area contributed by atoms with E-state index in [-0.39, 0.29) is 12.5 Å². The van der Waals surface area contributed by atoms with Crippen LogP contribution in [0.3, 0.4) is 0 Å². The van der Waals surface area contributed by atoms with E-state index in [1.807, 2.05) is 30.3 Å². The van der Waals surface area contributed by atoms with Gasteiger partial charge in [-0.2, -0.15) is 0 Å². The smallest absolute Gasteiger partial charge is 0.182 e. The highest BCUT2D eigenvalue weighted by Crippen LogP contribution is 2.63. The molecule has 1 fully saturated rings. The molecule has 0 bridgehead atoms. The molecule has 0 unspecified atom stereocenters. The van der Waals surface area contributed by atoms with E-state index < -0.39 is 20.5 Å². The maximum atomic E-state index is 13.2. The molecular weight excluding hydrogens is 390 g/mol. The van der Waals surface area contributed by atoms with Crippen molar-refractivity contribution < 1.29 is 13.2 Å².